The number of nitrogens with one attached hydrogen (secondary N) is 1. The van der Waals surface area contributed by atoms with Crippen molar-refractivity contribution in [2.45, 2.75) is 38.3 Å². The van der Waals surface area contributed by atoms with E-state index in [1.165, 1.54) is 0 Å². The van der Waals surface area contributed by atoms with Crippen LogP contribution in [0.15, 0.2) is 24.3 Å². The highest BCUT2D eigenvalue weighted by Gasteiger charge is 2.26. The van der Waals surface area contributed by atoms with E-state index in [4.69, 9.17) is 9.47 Å². The van der Waals surface area contributed by atoms with Crippen molar-refractivity contribution in [1.29, 1.82) is 0 Å². The zero-order valence-electron chi connectivity index (χ0n) is 11.7. The van der Waals surface area contributed by atoms with Crippen LogP contribution in [0.5, 0.6) is 11.5 Å². The number of rotatable bonds is 6. The number of carbonyl (C=O) groups is 1. The maximum absolute atomic E-state index is 11.8. The molecule has 0 spiro atoms. The number of hydrogen-bond donors (Lipinski definition) is 2. The Balaban J connectivity index is 1.84. The number of amides is 1. The van der Waals surface area contributed by atoms with Crippen molar-refractivity contribution in [2.75, 3.05) is 13.2 Å². The molecule has 2 unspecified atom stereocenters. The van der Waals surface area contributed by atoms with Gasteiger partial charge in [0.15, 0.2) is 18.1 Å². The fourth-order valence-corrected chi connectivity index (χ4v) is 2.34. The fourth-order valence-electron chi connectivity index (χ4n) is 2.34. The molecule has 2 rings (SSSR count). The van der Waals surface area contributed by atoms with Crippen LogP contribution in [-0.2, 0) is 4.79 Å². The number of carbonyl (C=O) groups excluding carboxylic acids is 1. The molecule has 2 atom stereocenters. The van der Waals surface area contributed by atoms with Crippen molar-refractivity contribution >= 4 is 5.91 Å². The number of aliphatic hydroxyl groups is 1. The number of hydrogen-bond acceptors (Lipinski definition) is 4. The third-order valence-electron chi connectivity index (χ3n) is 3.33. The minimum Gasteiger partial charge on any atom is -0.490 e. The van der Waals surface area contributed by atoms with E-state index < -0.39 is 6.10 Å². The average Bonchev–Trinajstić information content (AvgIpc) is 2.84. The SMILES string of the molecule is CCOc1ccccc1OCC(=O)NC1CCCC1O. The Bertz CT molecular complexity index is 449. The van der Waals surface area contributed by atoms with Crippen molar-refractivity contribution < 1.29 is 19.4 Å². The van der Waals surface area contributed by atoms with Gasteiger partial charge in [-0.15, -0.1) is 0 Å². The molecular formula is C15H21NO4. The van der Waals surface area contributed by atoms with E-state index in [1.807, 2.05) is 19.1 Å². The van der Waals surface area contributed by atoms with Crippen LogP contribution in [0.3, 0.4) is 0 Å². The Labute approximate surface area is 118 Å². The van der Waals surface area contributed by atoms with Crippen LogP contribution in [0.4, 0.5) is 0 Å². The standard InChI is InChI=1S/C15H21NO4/c1-2-19-13-8-3-4-9-14(13)20-10-15(18)16-11-6-5-7-12(11)17/h3-4,8-9,11-12,17H,2,5-7,10H2,1H3,(H,16,18). The molecule has 5 heteroatoms. The summed E-state index contributed by atoms with van der Waals surface area (Å²) in [5.74, 6) is 0.961. The Morgan fingerprint density at radius 3 is 2.60 bits per heavy atom. The summed E-state index contributed by atoms with van der Waals surface area (Å²) in [4.78, 5) is 11.8. The maximum atomic E-state index is 11.8. The monoisotopic (exact) mass is 279 g/mol. The minimum absolute atomic E-state index is 0.0761. The van der Waals surface area contributed by atoms with E-state index in [0.29, 0.717) is 18.1 Å². The van der Waals surface area contributed by atoms with Crippen LogP contribution in [0, 0.1) is 0 Å². The highest BCUT2D eigenvalue weighted by Crippen LogP contribution is 2.26. The Morgan fingerprint density at radius 2 is 2.00 bits per heavy atom. The first-order valence-corrected chi connectivity index (χ1v) is 7.02. The van der Waals surface area contributed by atoms with Gasteiger partial charge in [-0.3, -0.25) is 4.79 Å². The first kappa shape index (κ1) is 14.7. The van der Waals surface area contributed by atoms with E-state index in [9.17, 15) is 9.90 Å². The molecule has 5 nitrogen and oxygen atoms in total. The Morgan fingerprint density at radius 1 is 1.30 bits per heavy atom. The van der Waals surface area contributed by atoms with Gasteiger partial charge in [0.2, 0.25) is 0 Å². The van der Waals surface area contributed by atoms with Gasteiger partial charge in [0, 0.05) is 0 Å². The summed E-state index contributed by atoms with van der Waals surface area (Å²) in [5, 5.41) is 12.5. The molecule has 0 aliphatic heterocycles. The normalized spacial score (nSPS) is 21.5. The van der Waals surface area contributed by atoms with Crippen molar-refractivity contribution in [1.82, 2.24) is 5.32 Å². The second-order valence-corrected chi connectivity index (χ2v) is 4.84. The molecule has 0 saturated heterocycles. The van der Waals surface area contributed by atoms with Crippen molar-refractivity contribution in [2.24, 2.45) is 0 Å². The van der Waals surface area contributed by atoms with Gasteiger partial charge in [0.05, 0.1) is 18.8 Å². The lowest BCUT2D eigenvalue weighted by molar-refractivity contribution is -0.124. The second kappa shape index (κ2) is 7.14. The molecule has 1 aliphatic carbocycles. The van der Waals surface area contributed by atoms with Crippen molar-refractivity contribution in [3.63, 3.8) is 0 Å². The molecule has 1 fully saturated rings. The Hall–Kier alpha value is -1.75. The van der Waals surface area contributed by atoms with Gasteiger partial charge in [0.1, 0.15) is 0 Å². The van der Waals surface area contributed by atoms with Gasteiger partial charge in [-0.2, -0.15) is 0 Å². The molecule has 0 heterocycles. The molecule has 20 heavy (non-hydrogen) atoms. The molecule has 0 radical (unpaired) electrons. The summed E-state index contributed by atoms with van der Waals surface area (Å²) < 4.78 is 10.9. The number of aliphatic hydroxyl groups excluding tert-OH is 1. The average molecular weight is 279 g/mol. The predicted octanol–water partition coefficient (Wildman–Crippen LogP) is 1.49. The van der Waals surface area contributed by atoms with E-state index in [1.54, 1.807) is 12.1 Å². The quantitative estimate of drug-likeness (QED) is 0.828. The van der Waals surface area contributed by atoms with Crippen LogP contribution in [0.1, 0.15) is 26.2 Å². The van der Waals surface area contributed by atoms with Crippen LogP contribution >= 0.6 is 0 Å². The first-order chi connectivity index (χ1) is 9.70. The van der Waals surface area contributed by atoms with Gasteiger partial charge in [0.25, 0.3) is 5.91 Å². The first-order valence-electron chi connectivity index (χ1n) is 7.02. The molecular weight excluding hydrogens is 258 g/mol. The minimum atomic E-state index is -0.435. The van der Waals surface area contributed by atoms with Crippen LogP contribution < -0.4 is 14.8 Å². The summed E-state index contributed by atoms with van der Waals surface area (Å²) in [6.45, 7) is 2.36. The summed E-state index contributed by atoms with van der Waals surface area (Å²) in [6, 6.07) is 7.11. The fraction of sp³-hybridized carbons (Fsp3) is 0.533. The number of para-hydroxylation sites is 2. The lowest BCUT2D eigenvalue weighted by atomic mass is 10.2. The Kier molecular flexibility index (Phi) is 5.24. The molecule has 1 aliphatic rings. The highest BCUT2D eigenvalue weighted by atomic mass is 16.5. The summed E-state index contributed by atoms with van der Waals surface area (Å²) in [7, 11) is 0. The van der Waals surface area contributed by atoms with Gasteiger partial charge >= 0.3 is 0 Å². The molecule has 2 N–H and O–H groups in total. The van der Waals surface area contributed by atoms with Gasteiger partial charge in [-0.1, -0.05) is 12.1 Å². The summed E-state index contributed by atoms with van der Waals surface area (Å²) >= 11 is 0. The van der Waals surface area contributed by atoms with Gasteiger partial charge < -0.3 is 19.9 Å². The van der Waals surface area contributed by atoms with Crippen LogP contribution in [0.2, 0.25) is 0 Å². The molecule has 0 bridgehead atoms. The third-order valence-corrected chi connectivity index (χ3v) is 3.33. The van der Waals surface area contributed by atoms with E-state index in [-0.39, 0.29) is 18.6 Å². The second-order valence-electron chi connectivity index (χ2n) is 4.84. The smallest absolute Gasteiger partial charge is 0.258 e. The van der Waals surface area contributed by atoms with Crippen molar-refractivity contribution in [3.8, 4) is 11.5 Å². The van der Waals surface area contributed by atoms with E-state index >= 15 is 0 Å². The van der Waals surface area contributed by atoms with Gasteiger partial charge in [-0.25, -0.2) is 0 Å². The molecule has 0 aromatic heterocycles. The summed E-state index contributed by atoms with van der Waals surface area (Å²) in [5.41, 5.74) is 0. The molecule has 1 saturated carbocycles. The lowest BCUT2D eigenvalue weighted by Gasteiger charge is -2.17. The van der Waals surface area contributed by atoms with E-state index in [0.717, 1.165) is 19.3 Å². The highest BCUT2D eigenvalue weighted by molar-refractivity contribution is 5.78. The van der Waals surface area contributed by atoms with Crippen molar-refractivity contribution in [3.05, 3.63) is 24.3 Å². The summed E-state index contributed by atoms with van der Waals surface area (Å²) in [6.07, 6.45) is 2.08. The third kappa shape index (κ3) is 3.87. The maximum Gasteiger partial charge on any atom is 0.258 e. The zero-order chi connectivity index (χ0) is 14.4. The molecule has 110 valence electrons. The number of benzene rings is 1. The topological polar surface area (TPSA) is 67.8 Å². The molecule has 1 aromatic carbocycles. The van der Waals surface area contributed by atoms with Gasteiger partial charge in [-0.05, 0) is 38.3 Å². The molecule has 1 amide bonds. The number of ether oxygens (including phenoxy) is 2. The predicted molar refractivity (Wildman–Crippen MR) is 74.9 cm³/mol. The molecule has 1 aromatic rings. The van der Waals surface area contributed by atoms with Crippen LogP contribution in [0.25, 0.3) is 0 Å². The lowest BCUT2D eigenvalue weighted by Crippen LogP contribution is -2.42. The largest absolute Gasteiger partial charge is 0.490 e. The van der Waals surface area contributed by atoms with Crippen LogP contribution in [-0.4, -0.2) is 36.4 Å². The van der Waals surface area contributed by atoms with E-state index in [2.05, 4.69) is 5.32 Å². The zero-order valence-corrected chi connectivity index (χ0v) is 11.7.